The molecule has 1 aromatic carbocycles. The lowest BCUT2D eigenvalue weighted by Crippen LogP contribution is -2.39. The number of hydrogen-bond donors (Lipinski definition) is 2. The van der Waals surface area contributed by atoms with E-state index in [-0.39, 0.29) is 12.1 Å². The number of anilines is 1. The molecule has 1 saturated carbocycles. The zero-order chi connectivity index (χ0) is 18.5. The fraction of sp³-hybridized carbons (Fsp3) is 0.222. The van der Waals surface area contributed by atoms with Gasteiger partial charge in [0, 0.05) is 29.9 Å². The van der Waals surface area contributed by atoms with Crippen LogP contribution in [-0.4, -0.2) is 42.0 Å². The van der Waals surface area contributed by atoms with E-state index in [9.17, 15) is 9.50 Å². The van der Waals surface area contributed by atoms with Crippen LogP contribution in [0.2, 0.25) is 0 Å². The van der Waals surface area contributed by atoms with Gasteiger partial charge in [0.15, 0.2) is 11.5 Å². The molecule has 0 unspecified atom stereocenters. The number of aliphatic hydroxyl groups is 1. The number of benzene rings is 1. The van der Waals surface area contributed by atoms with Crippen LogP contribution in [0.5, 0.6) is 0 Å². The molecule has 1 aliphatic carbocycles. The van der Waals surface area contributed by atoms with Crippen molar-refractivity contribution in [1.29, 1.82) is 0 Å². The van der Waals surface area contributed by atoms with Crippen molar-refractivity contribution in [2.45, 2.75) is 25.0 Å². The molecule has 5 rings (SSSR count). The van der Waals surface area contributed by atoms with Crippen molar-refractivity contribution in [3.8, 4) is 5.69 Å². The van der Waals surface area contributed by atoms with Gasteiger partial charge in [0.05, 0.1) is 17.2 Å². The number of aliphatic hydroxyl groups excluding tert-OH is 1. The molecule has 0 bridgehead atoms. The number of pyridine rings is 1. The van der Waals surface area contributed by atoms with Crippen LogP contribution in [0.15, 0.2) is 41.3 Å². The minimum Gasteiger partial charge on any atom is -0.393 e. The van der Waals surface area contributed by atoms with Crippen LogP contribution in [0, 0.1) is 5.82 Å². The van der Waals surface area contributed by atoms with Gasteiger partial charge < -0.3 is 10.4 Å². The second-order valence-corrected chi connectivity index (χ2v) is 7.35. The van der Waals surface area contributed by atoms with Crippen LogP contribution >= 0.6 is 15.9 Å². The molecule has 7 nitrogen and oxygen atoms in total. The highest BCUT2D eigenvalue weighted by Gasteiger charge is 2.27. The van der Waals surface area contributed by atoms with Crippen molar-refractivity contribution in [3.05, 3.63) is 47.1 Å². The van der Waals surface area contributed by atoms with Gasteiger partial charge in [-0.15, -0.1) is 0 Å². The average Bonchev–Trinajstić information content (AvgIpc) is 2.97. The van der Waals surface area contributed by atoms with E-state index in [1.165, 1.54) is 6.07 Å². The first-order chi connectivity index (χ1) is 13.1. The summed E-state index contributed by atoms with van der Waals surface area (Å²) in [4.78, 5) is 13.0. The molecule has 9 heteroatoms. The third-order valence-electron chi connectivity index (χ3n) is 4.71. The second-order valence-electron chi connectivity index (χ2n) is 6.60. The van der Waals surface area contributed by atoms with E-state index >= 15 is 0 Å². The normalized spacial score (nSPS) is 19.4. The molecule has 27 heavy (non-hydrogen) atoms. The molecule has 2 N–H and O–H groups in total. The van der Waals surface area contributed by atoms with E-state index in [1.807, 2.05) is 6.07 Å². The Hall–Kier alpha value is -2.65. The van der Waals surface area contributed by atoms with Crippen LogP contribution in [0.4, 0.5) is 10.3 Å². The topological polar surface area (TPSA) is 88.8 Å². The Kier molecular flexibility index (Phi) is 3.80. The number of nitrogens with zero attached hydrogens (tertiary/aromatic N) is 5. The second kappa shape index (κ2) is 6.21. The van der Waals surface area contributed by atoms with Crippen LogP contribution in [0.25, 0.3) is 27.6 Å². The lowest BCUT2D eigenvalue weighted by Gasteiger charge is -2.31. The van der Waals surface area contributed by atoms with Crippen molar-refractivity contribution in [2.75, 3.05) is 5.32 Å². The molecule has 4 aromatic rings. The molecule has 3 heterocycles. The van der Waals surface area contributed by atoms with Crippen molar-refractivity contribution in [2.24, 2.45) is 0 Å². The quantitative estimate of drug-likeness (QED) is 0.520. The summed E-state index contributed by atoms with van der Waals surface area (Å²) in [6.07, 6.45) is 4.32. The van der Waals surface area contributed by atoms with Crippen LogP contribution in [0.3, 0.4) is 0 Å². The van der Waals surface area contributed by atoms with Gasteiger partial charge in [-0.05, 0) is 40.9 Å². The third kappa shape index (κ3) is 2.83. The minimum atomic E-state index is -0.418. The zero-order valence-electron chi connectivity index (χ0n) is 14.0. The smallest absolute Gasteiger partial charge is 0.224 e. The lowest BCUT2D eigenvalue weighted by molar-refractivity contribution is 0.0834. The fourth-order valence-corrected chi connectivity index (χ4v) is 3.70. The van der Waals surface area contributed by atoms with E-state index in [0.29, 0.717) is 45.6 Å². The van der Waals surface area contributed by atoms with Gasteiger partial charge >= 0.3 is 0 Å². The average molecular weight is 429 g/mol. The van der Waals surface area contributed by atoms with Crippen molar-refractivity contribution in [1.82, 2.24) is 24.7 Å². The van der Waals surface area contributed by atoms with Gasteiger partial charge in [-0.1, -0.05) is 6.07 Å². The number of nitrogens with one attached hydrogen (secondary N) is 1. The van der Waals surface area contributed by atoms with Crippen molar-refractivity contribution in [3.63, 3.8) is 0 Å². The highest BCUT2D eigenvalue weighted by atomic mass is 79.9. The SMILES string of the molecule is OC1CC(Nc2ncc3c(Br)nn(-c4cc(F)c5ncccc5c4)c3n2)C1. The Morgan fingerprint density at radius 3 is 2.93 bits per heavy atom. The largest absolute Gasteiger partial charge is 0.393 e. The zero-order valence-corrected chi connectivity index (χ0v) is 15.6. The van der Waals surface area contributed by atoms with E-state index < -0.39 is 5.82 Å². The Labute approximate surface area is 161 Å². The Morgan fingerprint density at radius 2 is 2.11 bits per heavy atom. The summed E-state index contributed by atoms with van der Waals surface area (Å²) in [6, 6.07) is 6.94. The summed E-state index contributed by atoms with van der Waals surface area (Å²) in [5.41, 5.74) is 1.42. The molecular formula is C18H14BrFN6O. The molecule has 0 spiro atoms. The molecule has 1 aliphatic rings. The molecule has 0 atom stereocenters. The Morgan fingerprint density at radius 1 is 1.26 bits per heavy atom. The van der Waals surface area contributed by atoms with E-state index in [2.05, 4.69) is 41.3 Å². The van der Waals surface area contributed by atoms with Gasteiger partial charge in [-0.2, -0.15) is 10.1 Å². The first-order valence-electron chi connectivity index (χ1n) is 8.49. The first-order valence-corrected chi connectivity index (χ1v) is 9.28. The maximum Gasteiger partial charge on any atom is 0.224 e. The molecule has 136 valence electrons. The summed E-state index contributed by atoms with van der Waals surface area (Å²) < 4.78 is 16.7. The van der Waals surface area contributed by atoms with E-state index in [4.69, 9.17) is 0 Å². The van der Waals surface area contributed by atoms with Crippen molar-refractivity contribution < 1.29 is 9.50 Å². The molecule has 3 aromatic heterocycles. The molecular weight excluding hydrogens is 415 g/mol. The number of rotatable bonds is 3. The Balaban J connectivity index is 1.62. The summed E-state index contributed by atoms with van der Waals surface area (Å²) in [7, 11) is 0. The first kappa shape index (κ1) is 16.5. The predicted molar refractivity (Wildman–Crippen MR) is 102 cm³/mol. The molecule has 1 fully saturated rings. The highest BCUT2D eigenvalue weighted by molar-refractivity contribution is 9.10. The number of fused-ring (bicyclic) bond motifs is 2. The van der Waals surface area contributed by atoms with Crippen LogP contribution in [-0.2, 0) is 0 Å². The summed E-state index contributed by atoms with van der Waals surface area (Å²) in [6.45, 7) is 0. The standard InChI is InChI=1S/C18H14BrFN6O/c19-16-13-8-22-18(23-10-5-12(27)6-10)24-17(13)26(25-16)11-4-9-2-1-3-21-15(9)14(20)7-11/h1-4,7-8,10,12,27H,5-6H2,(H,22,23,24). The summed E-state index contributed by atoms with van der Waals surface area (Å²) >= 11 is 3.42. The van der Waals surface area contributed by atoms with Gasteiger partial charge in [0.1, 0.15) is 10.1 Å². The summed E-state index contributed by atoms with van der Waals surface area (Å²) in [5.74, 6) is 0.0368. The van der Waals surface area contributed by atoms with E-state index in [0.717, 1.165) is 5.39 Å². The minimum absolute atomic E-state index is 0.154. The Bertz CT molecular complexity index is 1170. The van der Waals surface area contributed by atoms with Gasteiger partial charge in [-0.3, -0.25) is 4.98 Å². The maximum atomic E-state index is 14.5. The highest BCUT2D eigenvalue weighted by Crippen LogP contribution is 2.28. The van der Waals surface area contributed by atoms with Crippen molar-refractivity contribution >= 4 is 43.8 Å². The van der Waals surface area contributed by atoms with Gasteiger partial charge in [0.25, 0.3) is 0 Å². The van der Waals surface area contributed by atoms with Crippen LogP contribution < -0.4 is 5.32 Å². The molecule has 0 amide bonds. The number of aromatic nitrogens is 5. The fourth-order valence-electron chi connectivity index (χ4n) is 3.26. The lowest BCUT2D eigenvalue weighted by atomic mass is 9.90. The van der Waals surface area contributed by atoms with Gasteiger partial charge in [-0.25, -0.2) is 14.1 Å². The van der Waals surface area contributed by atoms with Crippen LogP contribution in [0.1, 0.15) is 12.8 Å². The molecule has 0 radical (unpaired) electrons. The van der Waals surface area contributed by atoms with E-state index in [1.54, 1.807) is 29.2 Å². The number of hydrogen-bond acceptors (Lipinski definition) is 6. The predicted octanol–water partition coefficient (Wildman–Crippen LogP) is 3.20. The number of halogens is 2. The maximum absolute atomic E-state index is 14.5. The molecule has 0 aliphatic heterocycles. The summed E-state index contributed by atoms with van der Waals surface area (Å²) in [5, 5.41) is 18.5. The monoisotopic (exact) mass is 428 g/mol. The van der Waals surface area contributed by atoms with Gasteiger partial charge in [0.2, 0.25) is 5.95 Å². The molecule has 0 saturated heterocycles. The third-order valence-corrected chi connectivity index (χ3v) is 5.30.